The van der Waals surface area contributed by atoms with Crippen molar-refractivity contribution in [2.24, 2.45) is 23.7 Å². The number of hydrogen-bond acceptors (Lipinski definition) is 15. The molecule has 0 aromatic heterocycles. The maximum Gasteiger partial charge on any atom is 0.472 e. The maximum atomic E-state index is 13.1. The zero-order chi connectivity index (χ0) is 73.1. The molecule has 0 fully saturated rings. The number of phosphoric acid groups is 2. The zero-order valence-electron chi connectivity index (χ0n) is 65.1. The van der Waals surface area contributed by atoms with Crippen molar-refractivity contribution in [2.45, 2.75) is 427 Å². The number of aliphatic hydroxyl groups is 1. The minimum atomic E-state index is -4.96. The second kappa shape index (κ2) is 69.1. The van der Waals surface area contributed by atoms with E-state index in [0.717, 1.165) is 114 Å². The molecule has 99 heavy (non-hydrogen) atoms. The van der Waals surface area contributed by atoms with Gasteiger partial charge in [0.2, 0.25) is 0 Å². The molecule has 0 heterocycles. The first-order chi connectivity index (χ1) is 47.6. The van der Waals surface area contributed by atoms with Gasteiger partial charge in [-0.2, -0.15) is 0 Å². The first-order valence-corrected chi connectivity index (χ1v) is 44.2. The Morgan fingerprint density at radius 1 is 0.253 bits per heavy atom. The Bertz CT molecular complexity index is 1940. The van der Waals surface area contributed by atoms with E-state index in [1.54, 1.807) is 0 Å². The summed E-state index contributed by atoms with van der Waals surface area (Å²) in [4.78, 5) is 72.9. The summed E-state index contributed by atoms with van der Waals surface area (Å²) in [6.45, 7) is 14.2. The molecule has 0 aromatic carbocycles. The second-order valence-corrected chi connectivity index (χ2v) is 33.6. The fraction of sp³-hybridized carbons (Fsp3) is 0.950. The van der Waals surface area contributed by atoms with Gasteiger partial charge in [0.25, 0.3) is 0 Å². The van der Waals surface area contributed by atoms with E-state index in [1.807, 2.05) is 0 Å². The molecule has 17 nitrogen and oxygen atoms in total. The van der Waals surface area contributed by atoms with Gasteiger partial charge in [0, 0.05) is 25.7 Å². The molecule has 0 amide bonds. The van der Waals surface area contributed by atoms with E-state index in [2.05, 4.69) is 55.4 Å². The molecule has 588 valence electrons. The van der Waals surface area contributed by atoms with Crippen LogP contribution < -0.4 is 0 Å². The van der Waals surface area contributed by atoms with Crippen molar-refractivity contribution in [1.82, 2.24) is 0 Å². The molecule has 0 aromatic rings. The van der Waals surface area contributed by atoms with Crippen molar-refractivity contribution in [3.8, 4) is 0 Å². The quantitative estimate of drug-likeness (QED) is 0.0222. The number of rotatable bonds is 77. The van der Waals surface area contributed by atoms with Crippen LogP contribution in [0.25, 0.3) is 0 Å². The molecule has 0 saturated carbocycles. The van der Waals surface area contributed by atoms with Crippen LogP contribution >= 0.6 is 15.6 Å². The van der Waals surface area contributed by atoms with Crippen LogP contribution in [-0.4, -0.2) is 96.7 Å². The number of esters is 4. The largest absolute Gasteiger partial charge is 0.472 e. The van der Waals surface area contributed by atoms with E-state index in [0.29, 0.717) is 31.6 Å². The molecule has 3 N–H and O–H groups in total. The predicted molar refractivity (Wildman–Crippen MR) is 404 cm³/mol. The fourth-order valence-electron chi connectivity index (χ4n) is 12.3. The summed E-state index contributed by atoms with van der Waals surface area (Å²) in [5.74, 6) is 0.940. The summed E-state index contributed by atoms with van der Waals surface area (Å²) in [6.07, 6.45) is 55.7. The molecule has 0 saturated heterocycles. The first kappa shape index (κ1) is 97.1. The highest BCUT2D eigenvalue weighted by Crippen LogP contribution is 2.45. The number of aliphatic hydroxyl groups excluding tert-OH is 1. The Morgan fingerprint density at radius 2 is 0.424 bits per heavy atom. The van der Waals surface area contributed by atoms with Gasteiger partial charge in [-0.3, -0.25) is 37.3 Å². The van der Waals surface area contributed by atoms with E-state index in [9.17, 15) is 43.2 Å². The average Bonchev–Trinajstić information content (AvgIpc) is 0.994. The van der Waals surface area contributed by atoms with Crippen LogP contribution in [0.3, 0.4) is 0 Å². The number of carbonyl (C=O) groups excluding carboxylic acids is 4. The smallest absolute Gasteiger partial charge is 0.462 e. The van der Waals surface area contributed by atoms with E-state index < -0.39 is 97.5 Å². The molecule has 0 bridgehead atoms. The third-order valence-corrected chi connectivity index (χ3v) is 20.5. The van der Waals surface area contributed by atoms with Gasteiger partial charge in [-0.25, -0.2) is 9.13 Å². The Balaban J connectivity index is 5.19. The van der Waals surface area contributed by atoms with E-state index in [-0.39, 0.29) is 25.7 Å². The molecular weight excluding hydrogens is 1290 g/mol. The molecule has 0 aliphatic carbocycles. The van der Waals surface area contributed by atoms with Gasteiger partial charge in [-0.15, -0.1) is 0 Å². The lowest BCUT2D eigenvalue weighted by molar-refractivity contribution is -0.161. The van der Waals surface area contributed by atoms with E-state index in [4.69, 9.17) is 37.0 Å². The first-order valence-electron chi connectivity index (χ1n) is 41.2. The van der Waals surface area contributed by atoms with Crippen LogP contribution in [0.5, 0.6) is 0 Å². The second-order valence-electron chi connectivity index (χ2n) is 30.7. The van der Waals surface area contributed by atoms with Gasteiger partial charge in [0.05, 0.1) is 26.4 Å². The lowest BCUT2D eigenvalue weighted by Crippen LogP contribution is -2.30. The van der Waals surface area contributed by atoms with Crippen LogP contribution in [0.1, 0.15) is 409 Å². The van der Waals surface area contributed by atoms with Gasteiger partial charge in [0.15, 0.2) is 12.2 Å². The van der Waals surface area contributed by atoms with Crippen LogP contribution in [-0.2, 0) is 65.4 Å². The summed E-state index contributed by atoms with van der Waals surface area (Å²) in [6, 6.07) is 0. The maximum absolute atomic E-state index is 13.1. The molecule has 0 rings (SSSR count). The Kier molecular flexibility index (Phi) is 67.8. The van der Waals surface area contributed by atoms with Crippen LogP contribution in [0.15, 0.2) is 0 Å². The SMILES string of the molecule is CC(C)CCCCCCCCCCCCCCCCCCCCC(=O)OC[C@H](COP(=O)(O)OCC(O)COP(=O)(O)OC[C@@H](COC(=O)CCCCCCCCCC(C)C)OC(=O)CCCCCCCCCCCCCCC(C)C)OC(=O)CCCCCCCCCCCCC(C)C. The lowest BCUT2D eigenvalue weighted by Gasteiger charge is -2.21. The lowest BCUT2D eigenvalue weighted by atomic mass is 10.0. The Hall–Kier alpha value is -1.94. The van der Waals surface area contributed by atoms with Crippen molar-refractivity contribution in [2.75, 3.05) is 39.6 Å². The van der Waals surface area contributed by atoms with Crippen LogP contribution in [0.4, 0.5) is 0 Å². The zero-order valence-corrected chi connectivity index (χ0v) is 66.9. The summed E-state index contributed by atoms with van der Waals surface area (Å²) in [7, 11) is -9.92. The summed E-state index contributed by atoms with van der Waals surface area (Å²) in [5, 5.41) is 10.6. The van der Waals surface area contributed by atoms with Gasteiger partial charge in [-0.05, 0) is 49.4 Å². The standard InChI is InChI=1S/C80H156O17P2/c1-70(2)56-48-40-32-25-19-15-13-11-9-10-12-14-16-21-28-36-44-52-60-77(82)90-66-75(96-80(85)63-55-47-38-30-24-23-27-34-42-50-58-72(5)6)68-94-98(86,87)92-64-74(81)65-93-99(88,89)95-69-76(67-91-78(83)61-53-45-39-31-35-43-51-59-73(7)8)97-79(84)62-54-46-37-29-22-18-17-20-26-33-41-49-57-71(3)4/h70-76,81H,9-69H2,1-8H3,(H,86,87)(H,88,89)/t74?,75-,76-/m1/s1. The van der Waals surface area contributed by atoms with E-state index >= 15 is 0 Å². The number of unbranched alkanes of at least 4 members (excludes halogenated alkanes) is 43. The molecule has 0 aliphatic rings. The molecule has 0 spiro atoms. The van der Waals surface area contributed by atoms with Crippen LogP contribution in [0, 0.1) is 23.7 Å². The highest BCUT2D eigenvalue weighted by Gasteiger charge is 2.30. The predicted octanol–water partition coefficient (Wildman–Crippen LogP) is 23.6. The number of carbonyl (C=O) groups is 4. The van der Waals surface area contributed by atoms with Gasteiger partial charge in [0.1, 0.15) is 19.3 Å². The monoisotopic (exact) mass is 1450 g/mol. The number of ether oxygens (including phenoxy) is 4. The van der Waals surface area contributed by atoms with Crippen molar-refractivity contribution < 1.29 is 80.2 Å². The fourth-order valence-corrected chi connectivity index (χ4v) is 13.8. The molecule has 3 unspecified atom stereocenters. The minimum Gasteiger partial charge on any atom is -0.462 e. The van der Waals surface area contributed by atoms with Crippen molar-refractivity contribution in [1.29, 1.82) is 0 Å². The number of phosphoric ester groups is 2. The number of hydrogen-bond donors (Lipinski definition) is 3. The normalized spacial score (nSPS) is 14.1. The average molecular weight is 1450 g/mol. The van der Waals surface area contributed by atoms with Crippen molar-refractivity contribution in [3.63, 3.8) is 0 Å². The third-order valence-electron chi connectivity index (χ3n) is 18.6. The van der Waals surface area contributed by atoms with Gasteiger partial charge < -0.3 is 33.8 Å². The van der Waals surface area contributed by atoms with Crippen LogP contribution in [0.2, 0.25) is 0 Å². The molecule has 0 aliphatic heterocycles. The summed E-state index contributed by atoms with van der Waals surface area (Å²) < 4.78 is 68.6. The molecule has 5 atom stereocenters. The van der Waals surface area contributed by atoms with Crippen molar-refractivity contribution >= 4 is 39.5 Å². The van der Waals surface area contributed by atoms with Gasteiger partial charge >= 0.3 is 39.5 Å². The topological polar surface area (TPSA) is 237 Å². The third kappa shape index (κ3) is 74.1. The highest BCUT2D eigenvalue weighted by molar-refractivity contribution is 7.47. The Labute approximate surface area is 607 Å². The Morgan fingerprint density at radius 3 is 0.626 bits per heavy atom. The highest BCUT2D eigenvalue weighted by atomic mass is 31.2. The minimum absolute atomic E-state index is 0.106. The molecule has 0 radical (unpaired) electrons. The molecular formula is C80H156O17P2. The van der Waals surface area contributed by atoms with E-state index in [1.165, 1.54) is 205 Å². The van der Waals surface area contributed by atoms with Crippen molar-refractivity contribution in [3.05, 3.63) is 0 Å². The summed E-state index contributed by atoms with van der Waals surface area (Å²) >= 11 is 0. The summed E-state index contributed by atoms with van der Waals surface area (Å²) in [5.41, 5.74) is 0. The van der Waals surface area contributed by atoms with Gasteiger partial charge in [-0.1, -0.05) is 357 Å². The molecule has 19 heteroatoms.